The second-order valence-corrected chi connectivity index (χ2v) is 4.89. The number of hydrogen-bond acceptors (Lipinski definition) is 3. The summed E-state index contributed by atoms with van der Waals surface area (Å²) in [5.41, 5.74) is 9.06. The number of esters is 1. The van der Waals surface area contributed by atoms with Gasteiger partial charge in [0.25, 0.3) is 0 Å². The van der Waals surface area contributed by atoms with Crippen molar-refractivity contribution in [3.63, 3.8) is 0 Å². The molecule has 0 fully saturated rings. The highest BCUT2D eigenvalue weighted by Gasteiger charge is 2.15. The minimum atomic E-state index is -0.625. The first-order valence-electron chi connectivity index (χ1n) is 6.67. The monoisotopic (exact) mass is 305 g/mol. The van der Waals surface area contributed by atoms with Gasteiger partial charge in [-0.2, -0.15) is 0 Å². The molecule has 1 atom stereocenters. The third-order valence-corrected chi connectivity index (χ3v) is 3.06. The Balaban J connectivity index is 0.00000220. The Bertz CT molecular complexity index is 572. The summed E-state index contributed by atoms with van der Waals surface area (Å²) >= 11 is 0. The van der Waals surface area contributed by atoms with E-state index in [0.717, 1.165) is 16.7 Å². The van der Waals surface area contributed by atoms with Crippen LogP contribution >= 0.6 is 12.4 Å². The smallest absolute Gasteiger partial charge is 0.323 e. The van der Waals surface area contributed by atoms with Gasteiger partial charge in [0.2, 0.25) is 0 Å². The number of hydrogen-bond donors (Lipinski definition) is 1. The predicted molar refractivity (Wildman–Crippen MR) is 86.3 cm³/mol. The maximum absolute atomic E-state index is 11.9. The molecule has 0 saturated heterocycles. The maximum Gasteiger partial charge on any atom is 0.323 e. The molecule has 2 N–H and O–H groups in total. The van der Waals surface area contributed by atoms with E-state index in [0.29, 0.717) is 6.42 Å². The number of carbonyl (C=O) groups excluding carboxylic acids is 1. The third kappa shape index (κ3) is 5.58. The molecule has 0 aromatic heterocycles. The van der Waals surface area contributed by atoms with Crippen LogP contribution in [0, 0.1) is 6.92 Å². The van der Waals surface area contributed by atoms with Crippen molar-refractivity contribution in [2.75, 3.05) is 0 Å². The summed E-state index contributed by atoms with van der Waals surface area (Å²) in [6.07, 6.45) is 0.495. The van der Waals surface area contributed by atoms with E-state index in [1.54, 1.807) is 0 Å². The Morgan fingerprint density at radius 2 is 1.76 bits per heavy atom. The van der Waals surface area contributed by atoms with E-state index in [-0.39, 0.29) is 25.0 Å². The molecule has 2 aromatic carbocycles. The standard InChI is InChI=1S/C17H19NO2.ClH/c1-13-6-5-9-15(10-13)11-16(18)17(19)20-12-14-7-3-2-4-8-14;/h2-10,16H,11-12,18H2,1H3;1H/t16-;/m0./s1. The van der Waals surface area contributed by atoms with Crippen molar-refractivity contribution in [2.45, 2.75) is 26.0 Å². The number of carbonyl (C=O) groups is 1. The van der Waals surface area contributed by atoms with Crippen LogP contribution in [-0.2, 0) is 22.6 Å². The predicted octanol–water partition coefficient (Wildman–Crippen LogP) is 3.03. The van der Waals surface area contributed by atoms with Crippen LogP contribution in [0.1, 0.15) is 16.7 Å². The zero-order valence-electron chi connectivity index (χ0n) is 12.0. The van der Waals surface area contributed by atoms with Crippen LogP contribution in [0.15, 0.2) is 54.6 Å². The van der Waals surface area contributed by atoms with Crippen molar-refractivity contribution in [2.24, 2.45) is 5.73 Å². The zero-order valence-corrected chi connectivity index (χ0v) is 12.8. The molecule has 0 heterocycles. The van der Waals surface area contributed by atoms with Gasteiger partial charge in [-0.3, -0.25) is 4.79 Å². The van der Waals surface area contributed by atoms with Crippen molar-refractivity contribution in [3.8, 4) is 0 Å². The minimum Gasteiger partial charge on any atom is -0.460 e. The van der Waals surface area contributed by atoms with Crippen LogP contribution < -0.4 is 5.73 Å². The highest BCUT2D eigenvalue weighted by molar-refractivity contribution is 5.85. The zero-order chi connectivity index (χ0) is 14.4. The fraction of sp³-hybridized carbons (Fsp3) is 0.235. The lowest BCUT2D eigenvalue weighted by molar-refractivity contribution is -0.146. The normalized spacial score (nSPS) is 11.3. The van der Waals surface area contributed by atoms with E-state index < -0.39 is 6.04 Å². The summed E-state index contributed by atoms with van der Waals surface area (Å²) in [6, 6.07) is 16.9. The van der Waals surface area contributed by atoms with E-state index in [2.05, 4.69) is 0 Å². The number of halogens is 1. The van der Waals surface area contributed by atoms with Crippen molar-refractivity contribution in [1.82, 2.24) is 0 Å². The highest BCUT2D eigenvalue weighted by atomic mass is 35.5. The van der Waals surface area contributed by atoms with Gasteiger partial charge in [-0.05, 0) is 24.5 Å². The van der Waals surface area contributed by atoms with Crippen LogP contribution in [0.3, 0.4) is 0 Å². The summed E-state index contributed by atoms with van der Waals surface area (Å²) in [5, 5.41) is 0. The van der Waals surface area contributed by atoms with Crippen LogP contribution in [0.4, 0.5) is 0 Å². The summed E-state index contributed by atoms with van der Waals surface area (Å²) in [7, 11) is 0. The van der Waals surface area contributed by atoms with E-state index in [1.807, 2.05) is 61.5 Å². The first kappa shape index (κ1) is 17.2. The number of nitrogens with two attached hydrogens (primary N) is 1. The van der Waals surface area contributed by atoms with Gasteiger partial charge in [0.1, 0.15) is 12.6 Å². The molecule has 0 unspecified atom stereocenters. The van der Waals surface area contributed by atoms with Crippen molar-refractivity contribution >= 4 is 18.4 Å². The maximum atomic E-state index is 11.9. The summed E-state index contributed by atoms with van der Waals surface area (Å²) < 4.78 is 5.23. The van der Waals surface area contributed by atoms with Gasteiger partial charge in [-0.15, -0.1) is 12.4 Å². The molecule has 0 bridgehead atoms. The molecule has 2 aromatic rings. The molecule has 4 heteroatoms. The van der Waals surface area contributed by atoms with Gasteiger partial charge >= 0.3 is 5.97 Å². The van der Waals surface area contributed by atoms with Gasteiger partial charge < -0.3 is 10.5 Å². The largest absolute Gasteiger partial charge is 0.460 e. The summed E-state index contributed by atoms with van der Waals surface area (Å²) in [5.74, 6) is -0.365. The first-order valence-corrected chi connectivity index (χ1v) is 6.67. The Morgan fingerprint density at radius 3 is 2.43 bits per heavy atom. The summed E-state index contributed by atoms with van der Waals surface area (Å²) in [4.78, 5) is 11.9. The number of aryl methyl sites for hydroxylation is 1. The number of ether oxygens (including phenoxy) is 1. The summed E-state index contributed by atoms with van der Waals surface area (Å²) in [6.45, 7) is 2.28. The molecular weight excluding hydrogens is 286 g/mol. The number of rotatable bonds is 5. The van der Waals surface area contributed by atoms with E-state index >= 15 is 0 Å². The Hall–Kier alpha value is -1.84. The van der Waals surface area contributed by atoms with Crippen LogP contribution in [-0.4, -0.2) is 12.0 Å². The van der Waals surface area contributed by atoms with E-state index in [4.69, 9.17) is 10.5 Å². The molecule has 0 amide bonds. The minimum absolute atomic E-state index is 0. The van der Waals surface area contributed by atoms with E-state index in [9.17, 15) is 4.79 Å². The quantitative estimate of drug-likeness (QED) is 0.864. The second kappa shape index (κ2) is 8.45. The second-order valence-electron chi connectivity index (χ2n) is 4.89. The first-order chi connectivity index (χ1) is 9.65. The fourth-order valence-corrected chi connectivity index (χ4v) is 2.01. The van der Waals surface area contributed by atoms with Crippen molar-refractivity contribution < 1.29 is 9.53 Å². The lowest BCUT2D eigenvalue weighted by Gasteiger charge is -2.12. The molecule has 0 spiro atoms. The Morgan fingerprint density at radius 1 is 1.10 bits per heavy atom. The lowest BCUT2D eigenvalue weighted by Crippen LogP contribution is -2.34. The van der Waals surface area contributed by atoms with Crippen molar-refractivity contribution in [1.29, 1.82) is 0 Å². The molecule has 0 saturated carbocycles. The van der Waals surface area contributed by atoms with Gasteiger partial charge in [0.05, 0.1) is 0 Å². The molecule has 21 heavy (non-hydrogen) atoms. The van der Waals surface area contributed by atoms with Crippen molar-refractivity contribution in [3.05, 3.63) is 71.3 Å². The lowest BCUT2D eigenvalue weighted by atomic mass is 10.0. The highest BCUT2D eigenvalue weighted by Crippen LogP contribution is 2.08. The molecule has 0 aliphatic rings. The van der Waals surface area contributed by atoms with E-state index in [1.165, 1.54) is 0 Å². The third-order valence-electron chi connectivity index (χ3n) is 3.06. The topological polar surface area (TPSA) is 52.3 Å². The molecular formula is C17H20ClNO2. The van der Waals surface area contributed by atoms with Gasteiger partial charge in [-0.1, -0.05) is 60.2 Å². The fourth-order valence-electron chi connectivity index (χ4n) is 2.01. The molecule has 112 valence electrons. The molecule has 2 rings (SSSR count). The Kier molecular flexibility index (Phi) is 6.92. The van der Waals surface area contributed by atoms with Crippen LogP contribution in [0.2, 0.25) is 0 Å². The Labute approximate surface area is 131 Å². The van der Waals surface area contributed by atoms with Gasteiger partial charge in [0.15, 0.2) is 0 Å². The van der Waals surface area contributed by atoms with Gasteiger partial charge in [0, 0.05) is 0 Å². The average molecular weight is 306 g/mol. The average Bonchev–Trinajstić information content (AvgIpc) is 2.46. The number of benzene rings is 2. The molecule has 0 radical (unpaired) electrons. The van der Waals surface area contributed by atoms with Crippen LogP contribution in [0.25, 0.3) is 0 Å². The van der Waals surface area contributed by atoms with Crippen LogP contribution in [0.5, 0.6) is 0 Å². The molecule has 0 aliphatic carbocycles. The van der Waals surface area contributed by atoms with Gasteiger partial charge in [-0.25, -0.2) is 0 Å². The molecule has 3 nitrogen and oxygen atoms in total. The SMILES string of the molecule is Cc1cccc(C[C@H](N)C(=O)OCc2ccccc2)c1.Cl. The molecule has 0 aliphatic heterocycles.